The Kier molecular flexibility index (Phi) is 16.7. The molecule has 0 amide bonds. The van der Waals surface area contributed by atoms with Crippen LogP contribution in [0.2, 0.25) is 0 Å². The van der Waals surface area contributed by atoms with E-state index in [4.69, 9.17) is 10.5 Å². The number of benzene rings is 2. The van der Waals surface area contributed by atoms with E-state index in [1.807, 2.05) is 72.8 Å². The van der Waals surface area contributed by atoms with Crippen molar-refractivity contribution in [3.05, 3.63) is 119 Å². The molecule has 0 fully saturated rings. The van der Waals surface area contributed by atoms with E-state index >= 15 is 0 Å². The maximum absolute atomic E-state index is 13.8. The van der Waals surface area contributed by atoms with E-state index in [1.54, 1.807) is 36.4 Å². The van der Waals surface area contributed by atoms with E-state index in [0.717, 1.165) is 22.5 Å². The molecule has 202 valence electrons. The normalized spacial score (nSPS) is 11.4. The lowest BCUT2D eigenvalue weighted by atomic mass is 10.1. The van der Waals surface area contributed by atoms with Crippen molar-refractivity contribution in [2.24, 2.45) is 10.7 Å². The third kappa shape index (κ3) is 12.5. The standard InChI is InChI=1S/C22H22FN3O.C8H13N.C2H6/c1-5-16(4)22(25-15(2)3)26-20-11-8-12-21(18(20)13-24)27-14-17-9-6-7-10-19(17)23;1-4-8(9)6-5-7(2)3;1-2/h5-12H,2,14H2,1,3-4H3,(H,25,26);4-6H,2,9H2,1,3H3;1-2H3/b16-5-;6-5-,8-4+;. The Morgan fingerprint density at radius 2 is 1.71 bits per heavy atom. The van der Waals surface area contributed by atoms with Gasteiger partial charge in [0.25, 0.3) is 0 Å². The van der Waals surface area contributed by atoms with E-state index in [0.29, 0.717) is 28.4 Å². The average Bonchev–Trinajstić information content (AvgIpc) is 2.91. The van der Waals surface area contributed by atoms with Crippen molar-refractivity contribution in [2.75, 3.05) is 0 Å². The summed E-state index contributed by atoms with van der Waals surface area (Å²) in [7, 11) is 0. The van der Waals surface area contributed by atoms with E-state index in [1.165, 1.54) is 6.07 Å². The van der Waals surface area contributed by atoms with Gasteiger partial charge in [0.05, 0.1) is 5.69 Å². The van der Waals surface area contributed by atoms with E-state index in [-0.39, 0.29) is 12.4 Å². The topological polar surface area (TPSA) is 83.4 Å². The fourth-order valence-electron chi connectivity index (χ4n) is 2.63. The van der Waals surface area contributed by atoms with Crippen LogP contribution >= 0.6 is 0 Å². The minimum atomic E-state index is -0.346. The van der Waals surface area contributed by atoms with Gasteiger partial charge < -0.3 is 15.8 Å². The zero-order valence-corrected chi connectivity index (χ0v) is 23.7. The molecule has 0 unspecified atom stereocenters. The summed E-state index contributed by atoms with van der Waals surface area (Å²) < 4.78 is 19.5. The predicted molar refractivity (Wildman–Crippen MR) is 160 cm³/mol. The number of ether oxygens (including phenoxy) is 1. The molecule has 2 aromatic rings. The molecule has 2 rings (SSSR count). The molecule has 5 nitrogen and oxygen atoms in total. The van der Waals surface area contributed by atoms with Crippen LogP contribution < -0.4 is 15.8 Å². The van der Waals surface area contributed by atoms with Gasteiger partial charge in [0.15, 0.2) is 0 Å². The van der Waals surface area contributed by atoms with Gasteiger partial charge in [-0.25, -0.2) is 9.38 Å². The van der Waals surface area contributed by atoms with Crippen molar-refractivity contribution in [3.63, 3.8) is 0 Å². The van der Waals surface area contributed by atoms with Gasteiger partial charge in [-0.1, -0.05) is 75.1 Å². The lowest BCUT2D eigenvalue weighted by molar-refractivity contribution is 0.299. The predicted octanol–water partition coefficient (Wildman–Crippen LogP) is 8.40. The van der Waals surface area contributed by atoms with Crippen molar-refractivity contribution in [1.82, 2.24) is 5.32 Å². The lowest BCUT2D eigenvalue weighted by Gasteiger charge is -2.13. The summed E-state index contributed by atoms with van der Waals surface area (Å²) in [6.07, 6.45) is 7.48. The molecular formula is C32H41FN4O. The summed E-state index contributed by atoms with van der Waals surface area (Å²) in [6, 6.07) is 13.7. The minimum Gasteiger partial charge on any atom is -0.487 e. The molecule has 3 N–H and O–H groups in total. The number of nitrogens with one attached hydrogen (secondary N) is 1. The van der Waals surface area contributed by atoms with Gasteiger partial charge >= 0.3 is 0 Å². The van der Waals surface area contributed by atoms with Crippen LogP contribution in [0.25, 0.3) is 0 Å². The number of halogens is 1. The second-order valence-corrected chi connectivity index (χ2v) is 7.95. The van der Waals surface area contributed by atoms with Gasteiger partial charge in [0, 0.05) is 17.0 Å². The first-order valence-corrected chi connectivity index (χ1v) is 12.4. The fourth-order valence-corrected chi connectivity index (χ4v) is 2.63. The first kappa shape index (κ1) is 33.6. The van der Waals surface area contributed by atoms with Gasteiger partial charge in [-0.05, 0) is 64.5 Å². The summed E-state index contributed by atoms with van der Waals surface area (Å²) >= 11 is 0. The Bertz CT molecular complexity index is 1230. The number of nitriles is 1. The molecule has 0 bridgehead atoms. The lowest BCUT2D eigenvalue weighted by Crippen LogP contribution is -2.21. The number of hydrogen-bond donors (Lipinski definition) is 2. The Morgan fingerprint density at radius 1 is 1.05 bits per heavy atom. The van der Waals surface area contributed by atoms with Crippen LogP contribution in [0.1, 0.15) is 59.6 Å². The molecule has 0 aliphatic rings. The van der Waals surface area contributed by atoms with Gasteiger partial charge in [0.1, 0.15) is 35.6 Å². The van der Waals surface area contributed by atoms with Crippen LogP contribution in [0.5, 0.6) is 5.75 Å². The van der Waals surface area contributed by atoms with Crippen LogP contribution in [0, 0.1) is 17.1 Å². The van der Waals surface area contributed by atoms with Gasteiger partial charge in [-0.3, -0.25) is 0 Å². The Labute approximate surface area is 228 Å². The highest BCUT2D eigenvalue weighted by atomic mass is 19.1. The Hall–Kier alpha value is -4.37. The molecule has 38 heavy (non-hydrogen) atoms. The highest BCUT2D eigenvalue weighted by Gasteiger charge is 2.12. The zero-order valence-electron chi connectivity index (χ0n) is 23.7. The van der Waals surface area contributed by atoms with Crippen molar-refractivity contribution < 1.29 is 9.13 Å². The molecule has 0 aliphatic heterocycles. The van der Waals surface area contributed by atoms with Gasteiger partial charge in [0.2, 0.25) is 0 Å². The van der Waals surface area contributed by atoms with Gasteiger partial charge in [-0.2, -0.15) is 5.26 Å². The summed E-state index contributed by atoms with van der Waals surface area (Å²) in [4.78, 5) is 4.57. The fraction of sp³-hybridized carbons (Fsp3) is 0.250. The monoisotopic (exact) mass is 516 g/mol. The summed E-state index contributed by atoms with van der Waals surface area (Å²) in [5.41, 5.74) is 10.1. The Balaban J connectivity index is 0.00000105. The van der Waals surface area contributed by atoms with E-state index < -0.39 is 0 Å². The highest BCUT2D eigenvalue weighted by Crippen LogP contribution is 2.29. The molecule has 0 saturated carbocycles. The number of hydrogen-bond acceptors (Lipinski definition) is 4. The van der Waals surface area contributed by atoms with Crippen molar-refractivity contribution in [2.45, 2.75) is 55.1 Å². The maximum atomic E-state index is 13.8. The third-order valence-electron chi connectivity index (χ3n) is 4.72. The van der Waals surface area contributed by atoms with Crippen LogP contribution in [-0.4, -0.2) is 5.84 Å². The van der Waals surface area contributed by atoms with E-state index in [9.17, 15) is 9.65 Å². The Morgan fingerprint density at radius 3 is 2.24 bits per heavy atom. The molecule has 0 aliphatic carbocycles. The molecule has 0 aromatic heterocycles. The number of aliphatic imine (C=N–C) groups is 1. The van der Waals surface area contributed by atoms with Crippen LogP contribution in [0.3, 0.4) is 0 Å². The first-order valence-electron chi connectivity index (χ1n) is 12.4. The van der Waals surface area contributed by atoms with Crippen molar-refractivity contribution >= 4 is 11.5 Å². The largest absolute Gasteiger partial charge is 0.487 e. The van der Waals surface area contributed by atoms with Crippen molar-refractivity contribution in [3.8, 4) is 11.8 Å². The van der Waals surface area contributed by atoms with Crippen LogP contribution in [0.15, 0.2) is 107 Å². The molecule has 0 saturated heterocycles. The number of amidine groups is 1. The molecule has 0 spiro atoms. The third-order valence-corrected chi connectivity index (χ3v) is 4.72. The number of rotatable bonds is 8. The number of nitrogens with two attached hydrogens (primary N) is 1. The van der Waals surface area contributed by atoms with Crippen LogP contribution in [0.4, 0.5) is 10.1 Å². The molecule has 0 radical (unpaired) electrons. The molecule has 2 aromatic carbocycles. The minimum absolute atomic E-state index is 0.0271. The summed E-state index contributed by atoms with van der Waals surface area (Å²) in [5, 5.41) is 12.7. The van der Waals surface area contributed by atoms with Gasteiger partial charge in [-0.15, -0.1) is 0 Å². The van der Waals surface area contributed by atoms with Crippen molar-refractivity contribution in [1.29, 1.82) is 5.26 Å². The highest BCUT2D eigenvalue weighted by molar-refractivity contribution is 6.00. The summed E-state index contributed by atoms with van der Waals surface area (Å²) in [6.45, 7) is 21.0. The molecule has 0 heterocycles. The second kappa shape index (κ2) is 18.8. The molecule has 6 heteroatoms. The second-order valence-electron chi connectivity index (χ2n) is 7.95. The SMILES string of the molecule is C=C(C)/C=C\C(N)=C/C.C=C(C)NC(=Nc1cccc(OCc2ccccc2F)c1C#N)/C(C)=C\C.CC. The maximum Gasteiger partial charge on any atom is 0.139 e. The summed E-state index contributed by atoms with van der Waals surface area (Å²) in [5.74, 6) is 0.615. The number of allylic oxidation sites excluding steroid dienone is 6. The quantitative estimate of drug-likeness (QED) is 0.210. The average molecular weight is 517 g/mol. The number of nitrogens with zero attached hydrogens (tertiary/aromatic N) is 2. The van der Waals surface area contributed by atoms with E-state index in [2.05, 4.69) is 29.5 Å². The first-order chi connectivity index (χ1) is 18.1. The molecule has 0 atom stereocenters. The smallest absolute Gasteiger partial charge is 0.139 e. The molecular weight excluding hydrogens is 475 g/mol. The van der Waals surface area contributed by atoms with Crippen LogP contribution in [-0.2, 0) is 6.61 Å². The zero-order chi connectivity index (χ0) is 29.1.